The first-order valence-corrected chi connectivity index (χ1v) is 7.20. The van der Waals surface area contributed by atoms with E-state index in [4.69, 9.17) is 21.7 Å². The van der Waals surface area contributed by atoms with Crippen LogP contribution in [0, 0.1) is 10.1 Å². The van der Waals surface area contributed by atoms with Crippen LogP contribution in [0.25, 0.3) is 6.08 Å². The van der Waals surface area contributed by atoms with E-state index in [1.165, 1.54) is 19.3 Å². The number of thiocarbonyl (C=S) groups is 1. The molecule has 0 spiro atoms. The van der Waals surface area contributed by atoms with Crippen LogP contribution in [0.3, 0.4) is 0 Å². The number of rotatable bonds is 6. The van der Waals surface area contributed by atoms with Gasteiger partial charge in [-0.25, -0.2) is 0 Å². The highest BCUT2D eigenvalue weighted by Gasteiger charge is 2.24. The fourth-order valence-corrected chi connectivity index (χ4v) is 2.18. The van der Waals surface area contributed by atoms with Crippen LogP contribution in [0.2, 0.25) is 0 Å². The van der Waals surface area contributed by atoms with Gasteiger partial charge in [0.1, 0.15) is 5.70 Å². The fraction of sp³-hybridized carbons (Fsp3) is 0.286. The van der Waals surface area contributed by atoms with E-state index in [-0.39, 0.29) is 28.0 Å². The van der Waals surface area contributed by atoms with Gasteiger partial charge in [0.25, 0.3) is 5.91 Å². The molecule has 2 N–H and O–H groups in total. The topological polar surface area (TPSA) is 103 Å². The van der Waals surface area contributed by atoms with E-state index < -0.39 is 10.8 Å². The summed E-state index contributed by atoms with van der Waals surface area (Å²) in [4.78, 5) is 22.4. The highest BCUT2D eigenvalue weighted by Crippen LogP contribution is 2.39. The van der Waals surface area contributed by atoms with Gasteiger partial charge in [0.2, 0.25) is 5.75 Å². The molecule has 0 saturated carbocycles. The van der Waals surface area contributed by atoms with Crippen LogP contribution in [0.5, 0.6) is 11.5 Å². The van der Waals surface area contributed by atoms with Crippen molar-refractivity contribution in [2.75, 3.05) is 13.7 Å². The maximum Gasteiger partial charge on any atom is 0.315 e. The Kier molecular flexibility index (Phi) is 5.12. The molecule has 0 aliphatic carbocycles. The van der Waals surface area contributed by atoms with E-state index >= 15 is 0 Å². The van der Waals surface area contributed by atoms with Gasteiger partial charge in [-0.1, -0.05) is 6.92 Å². The Hall–Kier alpha value is -2.68. The molecule has 23 heavy (non-hydrogen) atoms. The average Bonchev–Trinajstić information content (AvgIpc) is 2.82. The lowest BCUT2D eigenvalue weighted by Gasteiger charge is -2.11. The molecule has 1 heterocycles. The van der Waals surface area contributed by atoms with Crippen LogP contribution >= 0.6 is 12.2 Å². The van der Waals surface area contributed by atoms with E-state index in [1.54, 1.807) is 6.07 Å². The van der Waals surface area contributed by atoms with E-state index in [2.05, 4.69) is 10.6 Å². The highest BCUT2D eigenvalue weighted by molar-refractivity contribution is 7.80. The number of benzene rings is 1. The van der Waals surface area contributed by atoms with Gasteiger partial charge in [-0.15, -0.1) is 0 Å². The Labute approximate surface area is 137 Å². The summed E-state index contributed by atoms with van der Waals surface area (Å²) in [7, 11) is 1.39. The summed E-state index contributed by atoms with van der Waals surface area (Å²) in [5, 5.41) is 16.6. The van der Waals surface area contributed by atoms with Crippen molar-refractivity contribution < 1.29 is 19.2 Å². The third-order valence-electron chi connectivity index (χ3n) is 2.96. The Morgan fingerprint density at radius 2 is 2.13 bits per heavy atom. The molecule has 0 aromatic heterocycles. The van der Waals surface area contributed by atoms with E-state index in [1.807, 2.05) is 6.92 Å². The minimum atomic E-state index is -0.553. The maximum absolute atomic E-state index is 11.7. The summed E-state index contributed by atoms with van der Waals surface area (Å²) in [5.74, 6) is -0.107. The van der Waals surface area contributed by atoms with Crippen LogP contribution in [-0.2, 0) is 4.79 Å². The molecular formula is C14H15N3O5S. The second-order valence-electron chi connectivity index (χ2n) is 4.64. The number of nitro benzene ring substituents is 1. The molecule has 1 aromatic carbocycles. The number of amides is 1. The van der Waals surface area contributed by atoms with Gasteiger partial charge in [-0.05, 0) is 36.3 Å². The number of ether oxygens (including phenoxy) is 2. The minimum absolute atomic E-state index is 0.0702. The van der Waals surface area contributed by atoms with Crippen molar-refractivity contribution in [3.8, 4) is 11.5 Å². The van der Waals surface area contributed by atoms with Crippen LogP contribution in [0.4, 0.5) is 5.69 Å². The highest BCUT2D eigenvalue weighted by atomic mass is 32.1. The molecular weight excluding hydrogens is 322 g/mol. The van der Waals surface area contributed by atoms with Crippen LogP contribution in [0.15, 0.2) is 17.8 Å². The third kappa shape index (κ3) is 3.75. The predicted octanol–water partition coefficient (Wildman–Crippen LogP) is 1.74. The predicted molar refractivity (Wildman–Crippen MR) is 87.3 cm³/mol. The van der Waals surface area contributed by atoms with Gasteiger partial charge < -0.3 is 14.8 Å². The molecule has 1 fully saturated rings. The first-order chi connectivity index (χ1) is 11.0. The number of nitrogens with zero attached hydrogens (tertiary/aromatic N) is 1. The summed E-state index contributed by atoms with van der Waals surface area (Å²) < 4.78 is 10.6. The molecule has 1 amide bonds. The van der Waals surface area contributed by atoms with E-state index in [9.17, 15) is 14.9 Å². The van der Waals surface area contributed by atoms with Crippen molar-refractivity contribution >= 4 is 35.0 Å². The van der Waals surface area contributed by atoms with Crippen molar-refractivity contribution in [2.45, 2.75) is 13.3 Å². The molecule has 1 aromatic rings. The summed E-state index contributed by atoms with van der Waals surface area (Å²) >= 11 is 4.84. The second-order valence-corrected chi connectivity index (χ2v) is 5.05. The summed E-state index contributed by atoms with van der Waals surface area (Å²) in [5.41, 5.74) is 0.388. The van der Waals surface area contributed by atoms with Gasteiger partial charge in [0.15, 0.2) is 10.9 Å². The Bertz CT molecular complexity index is 702. The lowest BCUT2D eigenvalue weighted by Crippen LogP contribution is -2.21. The number of methoxy groups -OCH3 is 1. The maximum atomic E-state index is 11.7. The number of carbonyl (C=O) groups excluding carboxylic acids is 1. The summed E-state index contributed by atoms with van der Waals surface area (Å²) in [6.45, 7) is 2.22. The second kappa shape index (κ2) is 7.05. The fourth-order valence-electron chi connectivity index (χ4n) is 1.98. The summed E-state index contributed by atoms with van der Waals surface area (Å²) in [6, 6.07) is 2.87. The molecule has 0 unspecified atom stereocenters. The molecule has 1 aliphatic rings. The molecule has 0 atom stereocenters. The quantitative estimate of drug-likeness (QED) is 0.353. The Morgan fingerprint density at radius 1 is 1.39 bits per heavy atom. The van der Waals surface area contributed by atoms with E-state index in [0.717, 1.165) is 0 Å². The first kappa shape index (κ1) is 16.7. The van der Waals surface area contributed by atoms with Gasteiger partial charge in [0, 0.05) is 6.07 Å². The molecule has 9 heteroatoms. The van der Waals surface area contributed by atoms with Crippen molar-refractivity contribution in [3.63, 3.8) is 0 Å². The van der Waals surface area contributed by atoms with Gasteiger partial charge >= 0.3 is 5.69 Å². The number of nitrogens with one attached hydrogen (secondary N) is 2. The van der Waals surface area contributed by atoms with Crippen LogP contribution in [0.1, 0.15) is 18.9 Å². The monoisotopic (exact) mass is 337 g/mol. The average molecular weight is 337 g/mol. The lowest BCUT2D eigenvalue weighted by atomic mass is 10.1. The smallest absolute Gasteiger partial charge is 0.315 e. The number of carbonyl (C=O) groups is 1. The molecule has 2 rings (SSSR count). The van der Waals surface area contributed by atoms with Gasteiger partial charge in [-0.3, -0.25) is 20.2 Å². The number of hydrogen-bond donors (Lipinski definition) is 2. The zero-order valence-corrected chi connectivity index (χ0v) is 13.4. The largest absolute Gasteiger partial charge is 0.493 e. The molecule has 0 bridgehead atoms. The molecule has 122 valence electrons. The molecule has 1 saturated heterocycles. The van der Waals surface area contributed by atoms with Crippen LogP contribution in [-0.4, -0.2) is 29.7 Å². The first-order valence-electron chi connectivity index (χ1n) is 6.79. The SMILES string of the molecule is CCCOc1c(OC)cc(C=C2NC(=S)NC2=O)cc1[N+](=O)[O-]. The third-order valence-corrected chi connectivity index (χ3v) is 3.16. The molecule has 1 aliphatic heterocycles. The zero-order chi connectivity index (χ0) is 17.0. The van der Waals surface area contributed by atoms with Crippen molar-refractivity contribution in [1.29, 1.82) is 0 Å². The minimum Gasteiger partial charge on any atom is -0.493 e. The Balaban J connectivity index is 2.48. The number of hydrogen-bond acceptors (Lipinski definition) is 6. The Morgan fingerprint density at radius 3 is 2.65 bits per heavy atom. The number of nitro groups is 1. The van der Waals surface area contributed by atoms with Crippen molar-refractivity contribution in [1.82, 2.24) is 10.6 Å². The van der Waals surface area contributed by atoms with Crippen molar-refractivity contribution in [2.24, 2.45) is 0 Å². The van der Waals surface area contributed by atoms with Crippen molar-refractivity contribution in [3.05, 3.63) is 33.5 Å². The standard InChI is InChI=1S/C14H15N3O5S/c1-3-4-22-12-10(17(19)20)6-8(7-11(12)21-2)5-9-13(18)16-14(23)15-9/h5-7H,3-4H2,1-2H3,(H2,15,16,18,23). The van der Waals surface area contributed by atoms with Gasteiger partial charge in [0.05, 0.1) is 18.6 Å². The lowest BCUT2D eigenvalue weighted by molar-refractivity contribution is -0.386. The van der Waals surface area contributed by atoms with E-state index in [0.29, 0.717) is 18.6 Å². The zero-order valence-electron chi connectivity index (χ0n) is 12.5. The van der Waals surface area contributed by atoms with Crippen LogP contribution < -0.4 is 20.1 Å². The summed E-state index contributed by atoms with van der Waals surface area (Å²) in [6.07, 6.45) is 2.15. The van der Waals surface area contributed by atoms with Gasteiger partial charge in [-0.2, -0.15) is 0 Å². The molecule has 8 nitrogen and oxygen atoms in total. The molecule has 0 radical (unpaired) electrons. The normalized spacial score (nSPS) is 15.3.